The maximum Gasteiger partial charge on any atom is 0.284 e. The molecule has 1 heterocycles. The lowest BCUT2D eigenvalue weighted by molar-refractivity contribution is -0.122. The summed E-state index contributed by atoms with van der Waals surface area (Å²) in [6.07, 6.45) is 2.26. The van der Waals surface area contributed by atoms with E-state index in [9.17, 15) is 13.2 Å². The SMILES string of the molecule is COCCCN1C(=O)/C(=C\c2cccc(OC)c2)SC1=NS(=O)(=O)c1ccccc1. The molecule has 2 aromatic carbocycles. The van der Waals surface area contributed by atoms with Gasteiger partial charge in [-0.05, 0) is 54.1 Å². The number of hydrogen-bond acceptors (Lipinski definition) is 6. The molecular weight excluding hydrogens is 424 g/mol. The lowest BCUT2D eigenvalue weighted by Crippen LogP contribution is -2.31. The minimum absolute atomic E-state index is 0.0765. The second-order valence-electron chi connectivity index (χ2n) is 6.35. The van der Waals surface area contributed by atoms with Crippen molar-refractivity contribution in [2.75, 3.05) is 27.4 Å². The molecule has 0 N–H and O–H groups in total. The second kappa shape index (κ2) is 9.92. The molecule has 1 saturated heterocycles. The van der Waals surface area contributed by atoms with Gasteiger partial charge in [-0.3, -0.25) is 9.69 Å². The summed E-state index contributed by atoms with van der Waals surface area (Å²) in [5.74, 6) is 0.373. The number of amidine groups is 1. The first-order valence-electron chi connectivity index (χ1n) is 9.19. The summed E-state index contributed by atoms with van der Waals surface area (Å²) in [6, 6.07) is 15.2. The Bertz CT molecular complexity index is 1070. The molecule has 1 aliphatic rings. The van der Waals surface area contributed by atoms with Gasteiger partial charge in [0.05, 0.1) is 16.9 Å². The van der Waals surface area contributed by atoms with Crippen LogP contribution in [0.15, 0.2) is 68.8 Å². The van der Waals surface area contributed by atoms with Gasteiger partial charge in [0.1, 0.15) is 5.75 Å². The molecule has 1 fully saturated rings. The molecule has 0 unspecified atom stereocenters. The van der Waals surface area contributed by atoms with E-state index in [1.807, 2.05) is 18.2 Å². The average Bonchev–Trinajstić information content (AvgIpc) is 3.03. The Hall–Kier alpha value is -2.62. The predicted molar refractivity (Wildman–Crippen MR) is 118 cm³/mol. The van der Waals surface area contributed by atoms with Crippen LogP contribution >= 0.6 is 11.8 Å². The standard InChI is InChI=1S/C21H22N2O5S2/c1-27-13-7-12-23-20(24)19(15-16-8-6-9-17(14-16)28-2)29-21(23)22-30(25,26)18-10-4-3-5-11-18/h3-6,8-11,14-15H,7,12-13H2,1-2H3/b19-15+,22-21?. The van der Waals surface area contributed by atoms with E-state index in [1.165, 1.54) is 17.0 Å². The van der Waals surface area contributed by atoms with Gasteiger partial charge in [0.2, 0.25) is 0 Å². The third-order valence-corrected chi connectivity index (χ3v) is 6.65. The molecule has 7 nitrogen and oxygen atoms in total. The molecule has 30 heavy (non-hydrogen) atoms. The largest absolute Gasteiger partial charge is 0.497 e. The zero-order chi connectivity index (χ0) is 21.6. The molecule has 0 spiro atoms. The van der Waals surface area contributed by atoms with E-state index in [2.05, 4.69) is 4.40 Å². The summed E-state index contributed by atoms with van der Waals surface area (Å²) < 4.78 is 39.7. The zero-order valence-corrected chi connectivity index (χ0v) is 18.3. The Morgan fingerprint density at radius 2 is 1.87 bits per heavy atom. The molecule has 0 aromatic heterocycles. The summed E-state index contributed by atoms with van der Waals surface area (Å²) in [5.41, 5.74) is 0.772. The molecule has 0 radical (unpaired) electrons. The third-order valence-electron chi connectivity index (χ3n) is 4.25. The van der Waals surface area contributed by atoms with E-state index in [1.54, 1.807) is 44.6 Å². The highest BCUT2D eigenvalue weighted by molar-refractivity contribution is 8.19. The van der Waals surface area contributed by atoms with Crippen LogP contribution in [0.4, 0.5) is 0 Å². The van der Waals surface area contributed by atoms with Crippen LogP contribution in [0.5, 0.6) is 5.75 Å². The molecule has 2 aromatic rings. The van der Waals surface area contributed by atoms with E-state index in [0.717, 1.165) is 17.3 Å². The first-order chi connectivity index (χ1) is 14.4. The highest BCUT2D eigenvalue weighted by Crippen LogP contribution is 2.34. The van der Waals surface area contributed by atoms with Crippen LogP contribution in [0.2, 0.25) is 0 Å². The molecule has 0 aliphatic carbocycles. The topological polar surface area (TPSA) is 85.3 Å². The average molecular weight is 447 g/mol. The maximum absolute atomic E-state index is 13.0. The number of methoxy groups -OCH3 is 2. The summed E-state index contributed by atoms with van der Waals surface area (Å²) in [6.45, 7) is 0.750. The van der Waals surface area contributed by atoms with Crippen molar-refractivity contribution in [2.24, 2.45) is 4.40 Å². The minimum atomic E-state index is -3.94. The molecule has 0 bridgehead atoms. The number of benzene rings is 2. The first-order valence-corrected chi connectivity index (χ1v) is 11.4. The molecule has 0 atom stereocenters. The van der Waals surface area contributed by atoms with Gasteiger partial charge in [-0.2, -0.15) is 8.42 Å². The highest BCUT2D eigenvalue weighted by Gasteiger charge is 2.34. The van der Waals surface area contributed by atoms with Crippen LogP contribution in [0, 0.1) is 0 Å². The molecule has 158 valence electrons. The molecule has 3 rings (SSSR count). The number of thioether (sulfide) groups is 1. The lowest BCUT2D eigenvalue weighted by Gasteiger charge is -2.15. The Morgan fingerprint density at radius 3 is 2.57 bits per heavy atom. The van der Waals surface area contributed by atoms with Gasteiger partial charge in [-0.15, -0.1) is 4.40 Å². The third kappa shape index (κ3) is 5.29. The highest BCUT2D eigenvalue weighted by atomic mass is 32.2. The summed E-state index contributed by atoms with van der Waals surface area (Å²) in [5, 5.41) is 0.133. The number of amides is 1. The van der Waals surface area contributed by atoms with Crippen molar-refractivity contribution in [3.63, 3.8) is 0 Å². The number of hydrogen-bond donors (Lipinski definition) is 0. The van der Waals surface area contributed by atoms with Crippen LogP contribution < -0.4 is 4.74 Å². The van der Waals surface area contributed by atoms with Gasteiger partial charge in [0.15, 0.2) is 5.17 Å². The Balaban J connectivity index is 1.96. The number of carbonyl (C=O) groups excluding carboxylic acids is 1. The van der Waals surface area contributed by atoms with Crippen LogP contribution in [0.1, 0.15) is 12.0 Å². The molecule has 1 aliphatic heterocycles. The van der Waals surface area contributed by atoms with Crippen molar-refractivity contribution >= 4 is 38.9 Å². The van der Waals surface area contributed by atoms with Crippen molar-refractivity contribution in [3.8, 4) is 5.75 Å². The number of rotatable bonds is 8. The van der Waals surface area contributed by atoms with Crippen molar-refractivity contribution in [1.82, 2.24) is 4.90 Å². The smallest absolute Gasteiger partial charge is 0.284 e. The van der Waals surface area contributed by atoms with Crippen LogP contribution in [-0.2, 0) is 19.6 Å². The van der Waals surface area contributed by atoms with Gasteiger partial charge in [-0.25, -0.2) is 0 Å². The van der Waals surface area contributed by atoms with E-state index in [0.29, 0.717) is 30.2 Å². The van der Waals surface area contributed by atoms with Gasteiger partial charge in [0.25, 0.3) is 15.9 Å². The monoisotopic (exact) mass is 446 g/mol. The number of nitrogens with zero attached hydrogens (tertiary/aromatic N) is 2. The Labute approximate surface area is 180 Å². The van der Waals surface area contributed by atoms with Crippen molar-refractivity contribution in [1.29, 1.82) is 0 Å². The van der Waals surface area contributed by atoms with Gasteiger partial charge < -0.3 is 9.47 Å². The van der Waals surface area contributed by atoms with Crippen LogP contribution in [-0.4, -0.2) is 51.8 Å². The summed E-state index contributed by atoms with van der Waals surface area (Å²) in [4.78, 5) is 14.8. The zero-order valence-electron chi connectivity index (χ0n) is 16.6. The first kappa shape index (κ1) is 22.1. The molecule has 9 heteroatoms. The fourth-order valence-corrected chi connectivity index (χ4v) is 5.00. The van der Waals surface area contributed by atoms with E-state index >= 15 is 0 Å². The fraction of sp³-hybridized carbons (Fsp3) is 0.238. The normalized spacial score (nSPS) is 17.1. The van der Waals surface area contributed by atoms with E-state index < -0.39 is 10.0 Å². The Kier molecular flexibility index (Phi) is 7.30. The van der Waals surface area contributed by atoms with Crippen molar-refractivity contribution < 1.29 is 22.7 Å². The number of carbonyl (C=O) groups is 1. The molecular formula is C21H22N2O5S2. The van der Waals surface area contributed by atoms with Gasteiger partial charge in [-0.1, -0.05) is 30.3 Å². The summed E-state index contributed by atoms with van der Waals surface area (Å²) in [7, 11) is -0.802. The summed E-state index contributed by atoms with van der Waals surface area (Å²) >= 11 is 1.04. The lowest BCUT2D eigenvalue weighted by atomic mass is 10.2. The number of ether oxygens (including phenoxy) is 2. The van der Waals surface area contributed by atoms with E-state index in [4.69, 9.17) is 9.47 Å². The van der Waals surface area contributed by atoms with Gasteiger partial charge >= 0.3 is 0 Å². The predicted octanol–water partition coefficient (Wildman–Crippen LogP) is 3.39. The number of sulfonamides is 1. The molecule has 1 amide bonds. The van der Waals surface area contributed by atoms with Crippen molar-refractivity contribution in [2.45, 2.75) is 11.3 Å². The fourth-order valence-electron chi connectivity index (χ4n) is 2.77. The van der Waals surface area contributed by atoms with Gasteiger partial charge in [0, 0.05) is 20.3 Å². The maximum atomic E-state index is 13.0. The quantitative estimate of drug-likeness (QED) is 0.456. The van der Waals surface area contributed by atoms with Crippen LogP contribution in [0.3, 0.4) is 0 Å². The van der Waals surface area contributed by atoms with Crippen molar-refractivity contribution in [3.05, 3.63) is 65.1 Å². The minimum Gasteiger partial charge on any atom is -0.497 e. The molecule has 0 saturated carbocycles. The van der Waals surface area contributed by atoms with E-state index in [-0.39, 0.29) is 16.0 Å². The second-order valence-corrected chi connectivity index (χ2v) is 8.97. The van der Waals surface area contributed by atoms with Crippen LogP contribution in [0.25, 0.3) is 6.08 Å². The Morgan fingerprint density at radius 1 is 1.10 bits per heavy atom.